The minimum absolute atomic E-state index is 0.0364. The summed E-state index contributed by atoms with van der Waals surface area (Å²) >= 11 is 0. The predicted octanol–water partition coefficient (Wildman–Crippen LogP) is 1.86. The highest BCUT2D eigenvalue weighted by Gasteiger charge is 2.17. The van der Waals surface area contributed by atoms with Gasteiger partial charge in [0.25, 0.3) is 11.8 Å². The van der Waals surface area contributed by atoms with E-state index >= 15 is 0 Å². The van der Waals surface area contributed by atoms with Crippen LogP contribution in [0.4, 0.5) is 11.4 Å². The number of rotatable bonds is 2. The Morgan fingerprint density at radius 1 is 1.36 bits per heavy atom. The van der Waals surface area contributed by atoms with Crippen LogP contribution in [0, 0.1) is 6.92 Å². The van der Waals surface area contributed by atoms with E-state index < -0.39 is 0 Å². The molecule has 0 bridgehead atoms. The largest absolute Gasteiger partial charge is 0.482 e. The minimum atomic E-state index is -0.280. The number of hydrogen-bond acceptors (Lipinski definition) is 5. The van der Waals surface area contributed by atoms with Crippen molar-refractivity contribution >= 4 is 34.2 Å². The molecule has 2 aromatic heterocycles. The SMILES string of the molecule is Cc1nn(C)c2ncc(C(=O)Nc3ccc4c(c3)OCC(=O)N4)cc12. The lowest BCUT2D eigenvalue weighted by atomic mass is 10.2. The zero-order chi connectivity index (χ0) is 17.6. The number of hydrogen-bond donors (Lipinski definition) is 2. The average Bonchev–Trinajstić information content (AvgIpc) is 2.89. The van der Waals surface area contributed by atoms with Gasteiger partial charge in [0.15, 0.2) is 12.3 Å². The molecule has 0 atom stereocenters. The average molecular weight is 337 g/mol. The van der Waals surface area contributed by atoms with Gasteiger partial charge in [0.1, 0.15) is 5.75 Å². The number of nitrogens with zero attached hydrogens (tertiary/aromatic N) is 3. The van der Waals surface area contributed by atoms with Crippen molar-refractivity contribution in [1.29, 1.82) is 0 Å². The molecule has 4 rings (SSSR count). The number of ether oxygens (including phenoxy) is 1. The van der Waals surface area contributed by atoms with Crippen molar-refractivity contribution in [3.63, 3.8) is 0 Å². The summed E-state index contributed by atoms with van der Waals surface area (Å²) in [5.74, 6) is 0.0435. The third-order valence-electron chi connectivity index (χ3n) is 4.00. The molecule has 1 aliphatic rings. The lowest BCUT2D eigenvalue weighted by molar-refractivity contribution is -0.118. The number of amides is 2. The Morgan fingerprint density at radius 3 is 3.04 bits per heavy atom. The number of benzene rings is 1. The van der Waals surface area contributed by atoms with Gasteiger partial charge in [-0.1, -0.05) is 0 Å². The Hall–Kier alpha value is -3.42. The zero-order valence-electron chi connectivity index (χ0n) is 13.7. The molecule has 25 heavy (non-hydrogen) atoms. The molecule has 126 valence electrons. The fourth-order valence-corrected chi connectivity index (χ4v) is 2.79. The van der Waals surface area contributed by atoms with Crippen LogP contribution in [0.25, 0.3) is 11.0 Å². The van der Waals surface area contributed by atoms with Crippen molar-refractivity contribution in [3.05, 3.63) is 41.7 Å². The van der Waals surface area contributed by atoms with E-state index in [9.17, 15) is 9.59 Å². The van der Waals surface area contributed by atoms with Crippen LogP contribution in [0.5, 0.6) is 5.75 Å². The van der Waals surface area contributed by atoms with Crippen molar-refractivity contribution in [2.75, 3.05) is 17.2 Å². The molecule has 1 aliphatic heterocycles. The molecule has 8 heteroatoms. The maximum atomic E-state index is 12.5. The lowest BCUT2D eigenvalue weighted by Gasteiger charge is -2.18. The second kappa shape index (κ2) is 5.59. The topological polar surface area (TPSA) is 98.1 Å². The Bertz CT molecular complexity index is 1020. The third kappa shape index (κ3) is 2.67. The molecule has 3 heterocycles. The van der Waals surface area contributed by atoms with Gasteiger partial charge in [-0.25, -0.2) is 4.98 Å². The maximum absolute atomic E-state index is 12.5. The Kier molecular flexibility index (Phi) is 3.38. The summed E-state index contributed by atoms with van der Waals surface area (Å²) in [4.78, 5) is 28.1. The van der Waals surface area contributed by atoms with E-state index in [1.54, 1.807) is 28.9 Å². The third-order valence-corrected chi connectivity index (χ3v) is 4.00. The van der Waals surface area contributed by atoms with Crippen molar-refractivity contribution < 1.29 is 14.3 Å². The molecule has 3 aromatic rings. The molecule has 0 saturated heterocycles. The molecule has 0 unspecified atom stereocenters. The van der Waals surface area contributed by atoms with E-state index in [0.717, 1.165) is 16.7 Å². The quantitative estimate of drug-likeness (QED) is 0.744. The first kappa shape index (κ1) is 15.1. The van der Waals surface area contributed by atoms with E-state index in [2.05, 4.69) is 20.7 Å². The van der Waals surface area contributed by atoms with Crippen molar-refractivity contribution in [1.82, 2.24) is 14.8 Å². The van der Waals surface area contributed by atoms with Crippen LogP contribution in [-0.4, -0.2) is 33.2 Å². The predicted molar refractivity (Wildman–Crippen MR) is 91.8 cm³/mol. The van der Waals surface area contributed by atoms with Gasteiger partial charge >= 0.3 is 0 Å². The fraction of sp³-hybridized carbons (Fsp3) is 0.176. The number of aryl methyl sites for hydroxylation is 2. The van der Waals surface area contributed by atoms with Crippen LogP contribution in [0.2, 0.25) is 0 Å². The number of anilines is 2. The minimum Gasteiger partial charge on any atom is -0.482 e. The van der Waals surface area contributed by atoms with Crippen LogP contribution in [0.3, 0.4) is 0 Å². The molecule has 0 spiro atoms. The van der Waals surface area contributed by atoms with Crippen LogP contribution in [0.1, 0.15) is 16.1 Å². The van der Waals surface area contributed by atoms with Crippen molar-refractivity contribution in [3.8, 4) is 5.75 Å². The Labute approximate surface area is 142 Å². The molecule has 0 saturated carbocycles. The summed E-state index contributed by atoms with van der Waals surface area (Å²) < 4.78 is 7.04. The van der Waals surface area contributed by atoms with E-state index in [1.807, 2.05) is 14.0 Å². The van der Waals surface area contributed by atoms with Gasteiger partial charge in [-0.05, 0) is 25.1 Å². The van der Waals surface area contributed by atoms with Crippen molar-refractivity contribution in [2.24, 2.45) is 7.05 Å². The highest BCUT2D eigenvalue weighted by molar-refractivity contribution is 6.06. The first-order chi connectivity index (χ1) is 12.0. The standard InChI is InChI=1S/C17H15N5O3/c1-9-12-5-10(7-18-16(12)22(2)21-9)17(24)19-11-3-4-13-14(6-11)25-8-15(23)20-13/h3-7H,8H2,1-2H3,(H,19,24)(H,20,23). The molecule has 0 radical (unpaired) electrons. The van der Waals surface area contributed by atoms with Crippen LogP contribution >= 0.6 is 0 Å². The summed E-state index contributed by atoms with van der Waals surface area (Å²) in [6.07, 6.45) is 1.52. The number of fused-ring (bicyclic) bond motifs is 2. The molecular formula is C17H15N5O3. The second-order valence-corrected chi connectivity index (χ2v) is 5.81. The monoisotopic (exact) mass is 337 g/mol. The Morgan fingerprint density at radius 2 is 2.20 bits per heavy atom. The number of carbonyl (C=O) groups excluding carboxylic acids is 2. The van der Waals surface area contributed by atoms with Crippen LogP contribution in [-0.2, 0) is 11.8 Å². The summed E-state index contributed by atoms with van der Waals surface area (Å²) in [7, 11) is 1.81. The van der Waals surface area contributed by atoms with Crippen LogP contribution in [0.15, 0.2) is 30.5 Å². The summed E-state index contributed by atoms with van der Waals surface area (Å²) in [5.41, 5.74) is 3.14. The van der Waals surface area contributed by atoms with Gasteiger partial charge in [-0.15, -0.1) is 0 Å². The molecule has 0 fully saturated rings. The van der Waals surface area contributed by atoms with E-state index in [4.69, 9.17) is 4.74 Å². The Balaban J connectivity index is 1.60. The van der Waals surface area contributed by atoms with Gasteiger partial charge in [0.05, 0.1) is 16.9 Å². The molecular weight excluding hydrogens is 322 g/mol. The van der Waals surface area contributed by atoms with Crippen LogP contribution < -0.4 is 15.4 Å². The highest BCUT2D eigenvalue weighted by atomic mass is 16.5. The second-order valence-electron chi connectivity index (χ2n) is 5.81. The van der Waals surface area contributed by atoms with E-state index in [1.165, 1.54) is 6.20 Å². The number of pyridine rings is 1. The zero-order valence-corrected chi connectivity index (χ0v) is 13.7. The summed E-state index contributed by atoms with van der Waals surface area (Å²) in [6.45, 7) is 1.84. The number of nitrogens with one attached hydrogen (secondary N) is 2. The van der Waals surface area contributed by atoms with Crippen molar-refractivity contribution in [2.45, 2.75) is 6.92 Å². The van der Waals surface area contributed by atoms with Gasteiger partial charge in [-0.2, -0.15) is 5.10 Å². The van der Waals surface area contributed by atoms with Gasteiger partial charge < -0.3 is 15.4 Å². The molecule has 8 nitrogen and oxygen atoms in total. The normalized spacial score (nSPS) is 13.1. The first-order valence-electron chi connectivity index (χ1n) is 7.68. The molecule has 0 aliphatic carbocycles. The summed E-state index contributed by atoms with van der Waals surface area (Å²) in [6, 6.07) is 6.84. The summed E-state index contributed by atoms with van der Waals surface area (Å²) in [5, 5.41) is 10.7. The van der Waals surface area contributed by atoms with E-state index in [0.29, 0.717) is 22.7 Å². The molecule has 2 N–H and O–H groups in total. The van der Waals surface area contributed by atoms with Gasteiger partial charge in [0, 0.05) is 30.4 Å². The van der Waals surface area contributed by atoms with Gasteiger partial charge in [0.2, 0.25) is 0 Å². The molecule has 1 aromatic carbocycles. The number of aromatic nitrogens is 3. The van der Waals surface area contributed by atoms with Gasteiger partial charge in [-0.3, -0.25) is 14.3 Å². The molecule has 2 amide bonds. The smallest absolute Gasteiger partial charge is 0.262 e. The maximum Gasteiger partial charge on any atom is 0.262 e. The first-order valence-corrected chi connectivity index (χ1v) is 7.68. The van der Waals surface area contributed by atoms with E-state index in [-0.39, 0.29) is 18.4 Å². The highest BCUT2D eigenvalue weighted by Crippen LogP contribution is 2.30. The number of carbonyl (C=O) groups is 2. The lowest BCUT2D eigenvalue weighted by Crippen LogP contribution is -2.25. The fourth-order valence-electron chi connectivity index (χ4n) is 2.79.